The van der Waals surface area contributed by atoms with Gasteiger partial charge in [0.15, 0.2) is 0 Å². The third kappa shape index (κ3) is 2.74. The first-order chi connectivity index (χ1) is 10.00. The summed E-state index contributed by atoms with van der Waals surface area (Å²) in [7, 11) is 0. The van der Waals surface area contributed by atoms with Gasteiger partial charge in [-0.1, -0.05) is 60.7 Å². The summed E-state index contributed by atoms with van der Waals surface area (Å²) in [4.78, 5) is 2.40. The van der Waals surface area contributed by atoms with Crippen LogP contribution in [0.3, 0.4) is 0 Å². The van der Waals surface area contributed by atoms with Gasteiger partial charge in [0, 0.05) is 5.54 Å². The summed E-state index contributed by atoms with van der Waals surface area (Å²) in [5.74, 6) is 0. The number of rotatable bonds is 3. The van der Waals surface area contributed by atoms with Crippen LogP contribution in [-0.4, -0.2) is 21.6 Å². The Balaban J connectivity index is 1.90. The second-order valence-corrected chi connectivity index (χ2v) is 6.78. The van der Waals surface area contributed by atoms with Crippen LogP contribution in [0.5, 0.6) is 0 Å². The highest BCUT2D eigenvalue weighted by Crippen LogP contribution is 2.53. The first-order valence-electron chi connectivity index (χ1n) is 7.56. The first-order valence-corrected chi connectivity index (χ1v) is 7.56. The minimum atomic E-state index is -0.448. The van der Waals surface area contributed by atoms with E-state index in [9.17, 15) is 5.11 Å². The van der Waals surface area contributed by atoms with Crippen LogP contribution in [0.1, 0.15) is 44.0 Å². The zero-order valence-electron chi connectivity index (χ0n) is 12.9. The Hall–Kier alpha value is -1.64. The molecule has 1 fully saturated rings. The maximum absolute atomic E-state index is 10.8. The fraction of sp³-hybridized carbons (Fsp3) is 0.368. The van der Waals surface area contributed by atoms with E-state index < -0.39 is 6.10 Å². The van der Waals surface area contributed by atoms with Gasteiger partial charge in [0.05, 0.1) is 18.2 Å². The molecule has 1 unspecified atom stereocenters. The number of aliphatic hydroxyl groups excluding tert-OH is 1. The number of aliphatic hydroxyl groups is 1. The first kappa shape index (κ1) is 14.3. The summed E-state index contributed by atoms with van der Waals surface area (Å²) in [6.07, 6.45) is -0.448. The monoisotopic (exact) mass is 281 g/mol. The average molecular weight is 281 g/mol. The van der Waals surface area contributed by atoms with Crippen LogP contribution < -0.4 is 0 Å². The molecule has 0 amide bonds. The summed E-state index contributed by atoms with van der Waals surface area (Å²) >= 11 is 0. The summed E-state index contributed by atoms with van der Waals surface area (Å²) in [5.41, 5.74) is 2.32. The lowest BCUT2D eigenvalue weighted by Gasteiger charge is -2.23. The van der Waals surface area contributed by atoms with E-state index in [0.29, 0.717) is 6.04 Å². The standard InChI is InChI=1S/C19H23NO/c1-19(2,3)20-16(14-10-6-4-7-11-14)17(20)18(21)15-12-8-5-9-13-15/h4-13,16-18,21H,1-3H3/t16-,17-,18+,20?/m1/s1. The van der Waals surface area contributed by atoms with E-state index in [-0.39, 0.29) is 11.6 Å². The average Bonchev–Trinajstić information content (AvgIpc) is 3.24. The normalized spacial score (nSPS) is 26.4. The Bertz CT molecular complexity index is 588. The molecular formula is C19H23NO. The van der Waals surface area contributed by atoms with E-state index in [1.165, 1.54) is 5.56 Å². The molecule has 0 aromatic heterocycles. The van der Waals surface area contributed by atoms with E-state index in [1.54, 1.807) is 0 Å². The zero-order chi connectivity index (χ0) is 15.0. The van der Waals surface area contributed by atoms with Crippen LogP contribution in [0.25, 0.3) is 0 Å². The van der Waals surface area contributed by atoms with Crippen LogP contribution in [-0.2, 0) is 0 Å². The van der Waals surface area contributed by atoms with Gasteiger partial charge in [-0.3, -0.25) is 4.90 Å². The number of hydrogen-bond acceptors (Lipinski definition) is 2. The molecule has 1 aliphatic rings. The smallest absolute Gasteiger partial charge is 0.0964 e. The van der Waals surface area contributed by atoms with Gasteiger partial charge in [-0.25, -0.2) is 0 Å². The van der Waals surface area contributed by atoms with E-state index >= 15 is 0 Å². The molecule has 0 spiro atoms. The Morgan fingerprint density at radius 1 is 0.905 bits per heavy atom. The Morgan fingerprint density at radius 2 is 1.43 bits per heavy atom. The molecule has 2 aromatic rings. The third-order valence-corrected chi connectivity index (χ3v) is 4.23. The van der Waals surface area contributed by atoms with Crippen molar-refractivity contribution in [2.45, 2.75) is 44.5 Å². The topological polar surface area (TPSA) is 23.2 Å². The highest BCUT2D eigenvalue weighted by atomic mass is 16.3. The molecule has 3 rings (SSSR count). The van der Waals surface area contributed by atoms with Crippen molar-refractivity contribution < 1.29 is 5.11 Å². The number of benzene rings is 2. The van der Waals surface area contributed by atoms with Crippen molar-refractivity contribution in [1.29, 1.82) is 0 Å². The van der Waals surface area contributed by atoms with Crippen molar-refractivity contribution in [2.24, 2.45) is 0 Å². The summed E-state index contributed by atoms with van der Waals surface area (Å²) < 4.78 is 0. The maximum atomic E-state index is 10.8. The Morgan fingerprint density at radius 3 is 1.95 bits per heavy atom. The predicted octanol–water partition coefficient (Wildman–Crippen LogP) is 3.94. The lowest BCUT2D eigenvalue weighted by atomic mass is 10.0. The molecule has 2 nitrogen and oxygen atoms in total. The Labute approximate surface area is 127 Å². The largest absolute Gasteiger partial charge is 0.387 e. The molecule has 1 aliphatic heterocycles. The molecule has 0 saturated carbocycles. The summed E-state index contributed by atoms with van der Waals surface area (Å²) in [6.45, 7) is 6.63. The van der Waals surface area contributed by atoms with Crippen molar-refractivity contribution >= 4 is 0 Å². The second kappa shape index (κ2) is 5.28. The quantitative estimate of drug-likeness (QED) is 0.861. The fourth-order valence-electron chi connectivity index (χ4n) is 3.29. The highest BCUT2D eigenvalue weighted by molar-refractivity contribution is 5.32. The van der Waals surface area contributed by atoms with Crippen molar-refractivity contribution in [1.82, 2.24) is 4.90 Å². The molecule has 1 N–H and O–H groups in total. The third-order valence-electron chi connectivity index (χ3n) is 4.23. The molecule has 2 heteroatoms. The SMILES string of the molecule is CC(C)(C)N1[C@@H]([C@@H](O)c2ccccc2)[C@H]1c1ccccc1. The van der Waals surface area contributed by atoms with E-state index in [4.69, 9.17) is 0 Å². The molecule has 2 aromatic carbocycles. The van der Waals surface area contributed by atoms with Crippen LogP contribution in [0.15, 0.2) is 60.7 Å². The van der Waals surface area contributed by atoms with Gasteiger partial charge in [0.2, 0.25) is 0 Å². The highest BCUT2D eigenvalue weighted by Gasteiger charge is 2.57. The van der Waals surface area contributed by atoms with Gasteiger partial charge >= 0.3 is 0 Å². The molecule has 1 saturated heterocycles. The van der Waals surface area contributed by atoms with Gasteiger partial charge in [-0.2, -0.15) is 0 Å². The van der Waals surface area contributed by atoms with Crippen LogP contribution in [0.2, 0.25) is 0 Å². The van der Waals surface area contributed by atoms with Crippen LogP contribution in [0.4, 0.5) is 0 Å². The van der Waals surface area contributed by atoms with E-state index in [0.717, 1.165) is 5.56 Å². The minimum Gasteiger partial charge on any atom is -0.387 e. The number of nitrogens with zero attached hydrogens (tertiary/aromatic N) is 1. The second-order valence-electron chi connectivity index (χ2n) is 6.78. The summed E-state index contributed by atoms with van der Waals surface area (Å²) in [5, 5.41) is 10.8. The molecule has 110 valence electrons. The van der Waals surface area contributed by atoms with Crippen LogP contribution in [0, 0.1) is 0 Å². The summed E-state index contributed by atoms with van der Waals surface area (Å²) in [6, 6.07) is 20.9. The zero-order valence-corrected chi connectivity index (χ0v) is 12.9. The minimum absolute atomic E-state index is 0.0426. The van der Waals surface area contributed by atoms with E-state index in [2.05, 4.69) is 49.9 Å². The molecular weight excluding hydrogens is 258 g/mol. The van der Waals surface area contributed by atoms with Gasteiger partial charge < -0.3 is 5.11 Å². The van der Waals surface area contributed by atoms with Crippen molar-refractivity contribution in [3.63, 3.8) is 0 Å². The predicted molar refractivity (Wildman–Crippen MR) is 86.0 cm³/mol. The van der Waals surface area contributed by atoms with E-state index in [1.807, 2.05) is 36.4 Å². The number of hydrogen-bond donors (Lipinski definition) is 1. The van der Waals surface area contributed by atoms with Crippen molar-refractivity contribution in [3.05, 3.63) is 71.8 Å². The van der Waals surface area contributed by atoms with Crippen molar-refractivity contribution in [3.8, 4) is 0 Å². The molecule has 0 aliphatic carbocycles. The molecule has 0 bridgehead atoms. The van der Waals surface area contributed by atoms with Gasteiger partial charge in [0.1, 0.15) is 0 Å². The molecule has 21 heavy (non-hydrogen) atoms. The molecule has 4 atom stereocenters. The maximum Gasteiger partial charge on any atom is 0.0964 e. The van der Waals surface area contributed by atoms with Crippen molar-refractivity contribution in [2.75, 3.05) is 0 Å². The molecule has 1 heterocycles. The Kier molecular flexibility index (Phi) is 3.60. The fourth-order valence-corrected chi connectivity index (χ4v) is 3.29. The van der Waals surface area contributed by atoms with Gasteiger partial charge in [-0.15, -0.1) is 0 Å². The molecule has 0 radical (unpaired) electrons. The van der Waals surface area contributed by atoms with Gasteiger partial charge in [0.25, 0.3) is 0 Å². The lowest BCUT2D eigenvalue weighted by molar-refractivity contribution is 0.137. The van der Waals surface area contributed by atoms with Crippen LogP contribution >= 0.6 is 0 Å². The van der Waals surface area contributed by atoms with Gasteiger partial charge in [-0.05, 0) is 31.9 Å². The lowest BCUT2D eigenvalue weighted by Crippen LogP contribution is -2.29.